The highest BCUT2D eigenvalue weighted by Gasteiger charge is 2.37. The van der Waals surface area contributed by atoms with E-state index in [1.165, 1.54) is 0 Å². The normalized spacial score (nSPS) is 15.2. The van der Waals surface area contributed by atoms with Gasteiger partial charge in [0.2, 0.25) is 5.91 Å². The van der Waals surface area contributed by atoms with Crippen LogP contribution >= 0.6 is 0 Å². The highest BCUT2D eigenvalue weighted by atomic mass is 16.5. The van der Waals surface area contributed by atoms with E-state index in [1.54, 1.807) is 12.1 Å². The van der Waals surface area contributed by atoms with E-state index in [0.29, 0.717) is 29.6 Å². The zero-order chi connectivity index (χ0) is 22.6. The van der Waals surface area contributed by atoms with E-state index in [0.717, 1.165) is 17.7 Å². The maximum atomic E-state index is 13.1. The number of rotatable bonds is 7. The molecule has 0 atom stereocenters. The summed E-state index contributed by atoms with van der Waals surface area (Å²) in [4.78, 5) is 27.3. The predicted molar refractivity (Wildman–Crippen MR) is 123 cm³/mol. The summed E-state index contributed by atoms with van der Waals surface area (Å²) in [5, 5.41) is 2.85. The van der Waals surface area contributed by atoms with E-state index in [9.17, 15) is 9.59 Å². The van der Waals surface area contributed by atoms with Crippen LogP contribution in [0.1, 0.15) is 39.7 Å². The van der Waals surface area contributed by atoms with Crippen molar-refractivity contribution in [3.8, 4) is 11.5 Å². The molecule has 1 aliphatic heterocycles. The Morgan fingerprint density at radius 2 is 1.97 bits per heavy atom. The van der Waals surface area contributed by atoms with Gasteiger partial charge in [-0.3, -0.25) is 9.59 Å². The fourth-order valence-corrected chi connectivity index (χ4v) is 3.39. The quantitative estimate of drug-likeness (QED) is 0.693. The summed E-state index contributed by atoms with van der Waals surface area (Å²) in [5.41, 5.74) is 1.70. The van der Waals surface area contributed by atoms with Gasteiger partial charge in [-0.2, -0.15) is 0 Å². The van der Waals surface area contributed by atoms with Crippen LogP contribution in [0.25, 0.3) is 0 Å². The summed E-state index contributed by atoms with van der Waals surface area (Å²) in [5.74, 6) is 1.56. The zero-order valence-corrected chi connectivity index (χ0v) is 19.0. The largest absolute Gasteiger partial charge is 0.490 e. The third kappa shape index (κ3) is 5.57. The van der Waals surface area contributed by atoms with Crippen molar-refractivity contribution in [3.05, 3.63) is 48.0 Å². The van der Waals surface area contributed by atoms with Crippen LogP contribution in [0.15, 0.2) is 42.5 Å². The second kappa shape index (κ2) is 9.41. The SMILES string of the molecule is Cc1ccccc1OCC(=O)Nc1ccc2c(c1)OCC(C)(C)C(=O)N2CCC(C)C. The minimum Gasteiger partial charge on any atom is -0.490 e. The molecule has 0 fully saturated rings. The number of amides is 2. The smallest absolute Gasteiger partial charge is 0.262 e. The van der Waals surface area contributed by atoms with Gasteiger partial charge < -0.3 is 19.7 Å². The van der Waals surface area contributed by atoms with Gasteiger partial charge >= 0.3 is 0 Å². The maximum absolute atomic E-state index is 13.1. The Balaban J connectivity index is 1.74. The Morgan fingerprint density at radius 3 is 2.68 bits per heavy atom. The number of fused-ring (bicyclic) bond motifs is 1. The van der Waals surface area contributed by atoms with Gasteiger partial charge in [0.25, 0.3) is 5.91 Å². The molecule has 2 amide bonds. The Labute approximate surface area is 184 Å². The number of aryl methyl sites for hydroxylation is 1. The number of nitrogens with zero attached hydrogens (tertiary/aromatic N) is 1. The molecule has 0 aromatic heterocycles. The monoisotopic (exact) mass is 424 g/mol. The van der Waals surface area contributed by atoms with E-state index in [4.69, 9.17) is 9.47 Å². The second-order valence-electron chi connectivity index (χ2n) is 9.10. The molecule has 0 saturated carbocycles. The van der Waals surface area contributed by atoms with Gasteiger partial charge in [0.05, 0.1) is 11.1 Å². The average Bonchev–Trinajstić information content (AvgIpc) is 2.81. The molecule has 0 bridgehead atoms. The summed E-state index contributed by atoms with van der Waals surface area (Å²) in [6.45, 7) is 10.8. The lowest BCUT2D eigenvalue weighted by Gasteiger charge is -2.28. The molecule has 0 spiro atoms. The van der Waals surface area contributed by atoms with Crippen molar-refractivity contribution in [1.29, 1.82) is 0 Å². The summed E-state index contributed by atoms with van der Waals surface area (Å²) < 4.78 is 11.6. The van der Waals surface area contributed by atoms with E-state index in [1.807, 2.05) is 56.0 Å². The Morgan fingerprint density at radius 1 is 1.23 bits per heavy atom. The fraction of sp³-hybridized carbons (Fsp3) is 0.440. The fourth-order valence-electron chi connectivity index (χ4n) is 3.39. The first-order chi connectivity index (χ1) is 14.7. The Hall–Kier alpha value is -3.02. The molecule has 6 nitrogen and oxygen atoms in total. The lowest BCUT2D eigenvalue weighted by atomic mass is 9.92. The number of para-hydroxylation sites is 1. The van der Waals surface area contributed by atoms with Crippen LogP contribution in [0, 0.1) is 18.3 Å². The van der Waals surface area contributed by atoms with Gasteiger partial charge in [0, 0.05) is 18.3 Å². The molecule has 3 rings (SSSR count). The molecule has 6 heteroatoms. The molecule has 1 heterocycles. The van der Waals surface area contributed by atoms with Crippen molar-refractivity contribution in [2.24, 2.45) is 11.3 Å². The van der Waals surface area contributed by atoms with Crippen molar-refractivity contribution >= 4 is 23.2 Å². The minimum atomic E-state index is -0.624. The van der Waals surface area contributed by atoms with Crippen LogP contribution in [0.2, 0.25) is 0 Å². The first-order valence-corrected chi connectivity index (χ1v) is 10.7. The molecular formula is C25H32N2O4. The predicted octanol–water partition coefficient (Wildman–Crippen LogP) is 4.81. The van der Waals surface area contributed by atoms with Gasteiger partial charge in [-0.05, 0) is 56.9 Å². The molecule has 0 unspecified atom stereocenters. The molecule has 0 saturated heterocycles. The second-order valence-corrected chi connectivity index (χ2v) is 9.10. The molecule has 166 valence electrons. The Bertz CT molecular complexity index is 952. The van der Waals surface area contributed by atoms with E-state index in [-0.39, 0.29) is 25.0 Å². The summed E-state index contributed by atoms with van der Waals surface area (Å²) in [6.07, 6.45) is 0.899. The van der Waals surface area contributed by atoms with Crippen molar-refractivity contribution in [2.75, 3.05) is 30.0 Å². The lowest BCUT2D eigenvalue weighted by molar-refractivity contribution is -0.127. The lowest BCUT2D eigenvalue weighted by Crippen LogP contribution is -2.42. The molecule has 1 N–H and O–H groups in total. The van der Waals surface area contributed by atoms with Crippen LogP contribution in [0.4, 0.5) is 11.4 Å². The number of benzene rings is 2. The van der Waals surface area contributed by atoms with E-state index >= 15 is 0 Å². The summed E-state index contributed by atoms with van der Waals surface area (Å²) in [6, 6.07) is 13.0. The highest BCUT2D eigenvalue weighted by molar-refractivity contribution is 6.00. The minimum absolute atomic E-state index is 0.0512. The zero-order valence-electron chi connectivity index (χ0n) is 19.0. The van der Waals surface area contributed by atoms with Gasteiger partial charge in [-0.1, -0.05) is 32.0 Å². The topological polar surface area (TPSA) is 67.9 Å². The van der Waals surface area contributed by atoms with Crippen LogP contribution in [-0.2, 0) is 9.59 Å². The number of carbonyl (C=O) groups excluding carboxylic acids is 2. The van der Waals surface area contributed by atoms with Crippen molar-refractivity contribution in [1.82, 2.24) is 0 Å². The molecule has 1 aliphatic rings. The van der Waals surface area contributed by atoms with E-state index in [2.05, 4.69) is 19.2 Å². The van der Waals surface area contributed by atoms with Crippen LogP contribution in [0.3, 0.4) is 0 Å². The van der Waals surface area contributed by atoms with Crippen LogP contribution < -0.4 is 19.7 Å². The molecule has 2 aromatic rings. The number of carbonyl (C=O) groups is 2. The van der Waals surface area contributed by atoms with Gasteiger partial charge in [-0.15, -0.1) is 0 Å². The van der Waals surface area contributed by atoms with E-state index < -0.39 is 5.41 Å². The number of ether oxygens (including phenoxy) is 2. The number of nitrogens with one attached hydrogen (secondary N) is 1. The van der Waals surface area contributed by atoms with Crippen molar-refractivity contribution < 1.29 is 19.1 Å². The first kappa shape index (κ1) is 22.7. The van der Waals surface area contributed by atoms with Gasteiger partial charge in [0.15, 0.2) is 6.61 Å². The average molecular weight is 425 g/mol. The molecule has 31 heavy (non-hydrogen) atoms. The molecular weight excluding hydrogens is 392 g/mol. The number of hydrogen-bond acceptors (Lipinski definition) is 4. The summed E-state index contributed by atoms with van der Waals surface area (Å²) in [7, 11) is 0. The highest BCUT2D eigenvalue weighted by Crippen LogP contribution is 2.38. The summed E-state index contributed by atoms with van der Waals surface area (Å²) >= 11 is 0. The number of anilines is 2. The van der Waals surface area contributed by atoms with Crippen molar-refractivity contribution in [2.45, 2.75) is 41.0 Å². The molecule has 0 aliphatic carbocycles. The molecule has 0 radical (unpaired) electrons. The van der Waals surface area contributed by atoms with Gasteiger partial charge in [0.1, 0.15) is 18.1 Å². The van der Waals surface area contributed by atoms with Gasteiger partial charge in [-0.25, -0.2) is 0 Å². The third-order valence-electron chi connectivity index (χ3n) is 5.33. The van der Waals surface area contributed by atoms with Crippen LogP contribution in [-0.4, -0.2) is 31.6 Å². The Kier molecular flexibility index (Phi) is 6.88. The maximum Gasteiger partial charge on any atom is 0.262 e. The van der Waals surface area contributed by atoms with Crippen molar-refractivity contribution in [3.63, 3.8) is 0 Å². The molecule has 2 aromatic carbocycles. The number of hydrogen-bond donors (Lipinski definition) is 1. The standard InChI is InChI=1S/C25H32N2O4/c1-17(2)12-13-27-20-11-10-19(14-22(20)31-16-25(4,5)24(27)29)26-23(28)15-30-21-9-7-6-8-18(21)3/h6-11,14,17H,12-13,15-16H2,1-5H3,(H,26,28). The van der Waals surface area contributed by atoms with Crippen LogP contribution in [0.5, 0.6) is 11.5 Å². The third-order valence-corrected chi connectivity index (χ3v) is 5.33. The first-order valence-electron chi connectivity index (χ1n) is 10.7.